The van der Waals surface area contributed by atoms with Gasteiger partial charge < -0.3 is 37.5 Å². The molecule has 0 radical (unpaired) electrons. The summed E-state index contributed by atoms with van der Waals surface area (Å²) < 4.78 is 0. The van der Waals surface area contributed by atoms with Crippen LogP contribution in [-0.4, -0.2) is 64.4 Å². The molecule has 0 saturated heterocycles. The van der Waals surface area contributed by atoms with Crippen LogP contribution < -0.4 is 27.4 Å². The van der Waals surface area contributed by atoms with E-state index in [1.54, 1.807) is 12.3 Å². The third-order valence-corrected chi connectivity index (χ3v) is 5.83. The molecule has 0 saturated carbocycles. The van der Waals surface area contributed by atoms with Gasteiger partial charge in [0.25, 0.3) is 0 Å². The second kappa shape index (κ2) is 13.0. The summed E-state index contributed by atoms with van der Waals surface area (Å²) in [6, 6.07) is 12.7. The molecule has 0 aliphatic heterocycles. The number of aromatic amines is 1. The lowest BCUT2D eigenvalue weighted by molar-refractivity contribution is -0.142. The van der Waals surface area contributed by atoms with Crippen LogP contribution >= 0.6 is 0 Å². The van der Waals surface area contributed by atoms with Crippen molar-refractivity contribution in [2.24, 2.45) is 11.5 Å². The van der Waals surface area contributed by atoms with Gasteiger partial charge in [-0.1, -0.05) is 48.5 Å². The van der Waals surface area contributed by atoms with Crippen molar-refractivity contribution < 1.29 is 29.1 Å². The summed E-state index contributed by atoms with van der Waals surface area (Å²) in [7, 11) is 0. The molecule has 200 valence electrons. The van der Waals surface area contributed by atoms with Gasteiger partial charge in [0.05, 0.1) is 19.0 Å². The van der Waals surface area contributed by atoms with E-state index in [2.05, 4.69) is 20.9 Å². The summed E-state index contributed by atoms with van der Waals surface area (Å²) >= 11 is 0. The second-order valence-corrected chi connectivity index (χ2v) is 8.77. The first kappa shape index (κ1) is 27.9. The fourth-order valence-corrected chi connectivity index (χ4v) is 3.91. The minimum atomic E-state index is -1.44. The molecule has 3 atom stereocenters. The van der Waals surface area contributed by atoms with E-state index in [9.17, 15) is 29.1 Å². The Morgan fingerprint density at radius 1 is 0.868 bits per heavy atom. The van der Waals surface area contributed by atoms with Crippen molar-refractivity contribution in [1.29, 1.82) is 0 Å². The van der Waals surface area contributed by atoms with Gasteiger partial charge in [-0.05, 0) is 23.6 Å². The first-order chi connectivity index (χ1) is 18.1. The van der Waals surface area contributed by atoms with Crippen molar-refractivity contribution >= 4 is 40.5 Å². The molecule has 0 bridgehead atoms. The Balaban J connectivity index is 1.58. The summed E-state index contributed by atoms with van der Waals surface area (Å²) in [4.78, 5) is 64.0. The maximum Gasteiger partial charge on any atom is 0.326 e. The maximum atomic E-state index is 12.9. The molecule has 0 fully saturated rings. The number of benzene rings is 2. The number of H-pyrrole nitrogens is 1. The number of primary amides is 1. The molecular formula is C26H30N6O6. The van der Waals surface area contributed by atoms with Crippen LogP contribution in [0.2, 0.25) is 0 Å². The average Bonchev–Trinajstić information content (AvgIpc) is 3.29. The standard InChI is InChI=1S/C26H30N6O6/c27-18(10-15-6-2-1-3-7-15)24(35)30-14-23(34)31-20(12-22(28)33)25(36)32-21(26(37)38)11-16-13-29-19-9-5-4-8-17(16)19/h1-9,13,18,20-21,29H,10-12,14,27H2,(H2,28,33)(H,30,35)(H,31,34)(H,32,36)(H,37,38). The lowest BCUT2D eigenvalue weighted by Crippen LogP contribution is -2.55. The van der Waals surface area contributed by atoms with Gasteiger partial charge in [0.15, 0.2) is 0 Å². The van der Waals surface area contributed by atoms with E-state index in [1.165, 1.54) is 0 Å². The van der Waals surface area contributed by atoms with E-state index in [0.29, 0.717) is 5.56 Å². The van der Waals surface area contributed by atoms with Gasteiger partial charge in [-0.25, -0.2) is 4.79 Å². The van der Waals surface area contributed by atoms with Crippen molar-refractivity contribution in [2.45, 2.75) is 37.4 Å². The zero-order valence-corrected chi connectivity index (χ0v) is 20.5. The topological polar surface area (TPSA) is 209 Å². The molecule has 12 heteroatoms. The Morgan fingerprint density at radius 2 is 1.55 bits per heavy atom. The fourth-order valence-electron chi connectivity index (χ4n) is 3.91. The number of nitrogens with two attached hydrogens (primary N) is 2. The molecule has 3 unspecified atom stereocenters. The normalized spacial score (nSPS) is 13.2. The summed E-state index contributed by atoms with van der Waals surface area (Å²) in [6.45, 7) is -0.512. The van der Waals surface area contributed by atoms with Crippen molar-refractivity contribution in [3.8, 4) is 0 Å². The zero-order chi connectivity index (χ0) is 27.7. The number of hydrogen-bond acceptors (Lipinski definition) is 6. The number of carbonyl (C=O) groups is 5. The molecule has 2 aromatic carbocycles. The SMILES string of the molecule is NC(=O)CC(NC(=O)CNC(=O)C(N)Cc1ccccc1)C(=O)NC(Cc1c[nH]c2ccccc12)C(=O)O. The molecule has 3 rings (SSSR count). The number of aliphatic carboxylic acids is 1. The number of para-hydroxylation sites is 1. The molecule has 1 heterocycles. The number of carboxylic acids is 1. The van der Waals surface area contributed by atoms with Crippen LogP contribution in [0.15, 0.2) is 60.8 Å². The molecule has 38 heavy (non-hydrogen) atoms. The van der Waals surface area contributed by atoms with Gasteiger partial charge >= 0.3 is 5.97 Å². The highest BCUT2D eigenvalue weighted by molar-refractivity contribution is 5.95. The lowest BCUT2D eigenvalue weighted by Gasteiger charge is -2.21. The van der Waals surface area contributed by atoms with E-state index < -0.39 is 60.7 Å². The molecule has 9 N–H and O–H groups in total. The molecule has 4 amide bonds. The fraction of sp³-hybridized carbons (Fsp3) is 0.269. The Morgan fingerprint density at radius 3 is 2.24 bits per heavy atom. The minimum absolute atomic E-state index is 0.0440. The molecule has 12 nitrogen and oxygen atoms in total. The second-order valence-electron chi connectivity index (χ2n) is 8.77. The molecular weight excluding hydrogens is 492 g/mol. The number of fused-ring (bicyclic) bond motifs is 1. The summed E-state index contributed by atoms with van der Waals surface area (Å²) in [6.07, 6.45) is 1.30. The van der Waals surface area contributed by atoms with Crippen LogP contribution in [0.1, 0.15) is 17.5 Å². The van der Waals surface area contributed by atoms with Crippen LogP contribution in [0, 0.1) is 0 Å². The predicted molar refractivity (Wildman–Crippen MR) is 138 cm³/mol. The van der Waals surface area contributed by atoms with Crippen LogP contribution in [0.5, 0.6) is 0 Å². The van der Waals surface area contributed by atoms with E-state index in [1.807, 2.05) is 48.5 Å². The maximum absolute atomic E-state index is 12.9. The van der Waals surface area contributed by atoms with E-state index in [-0.39, 0.29) is 12.8 Å². The van der Waals surface area contributed by atoms with E-state index in [0.717, 1.165) is 16.5 Å². The Kier molecular flexibility index (Phi) is 9.54. The number of amides is 4. The van der Waals surface area contributed by atoms with Crippen LogP contribution in [-0.2, 0) is 36.8 Å². The molecule has 0 spiro atoms. The van der Waals surface area contributed by atoms with Gasteiger partial charge in [0.2, 0.25) is 23.6 Å². The Hall–Kier alpha value is -4.71. The minimum Gasteiger partial charge on any atom is -0.480 e. The van der Waals surface area contributed by atoms with Crippen molar-refractivity contribution in [2.75, 3.05) is 6.54 Å². The summed E-state index contributed by atoms with van der Waals surface area (Å²) in [5, 5.41) is 17.5. The number of rotatable bonds is 13. The predicted octanol–water partition coefficient (Wildman–Crippen LogP) is -0.674. The smallest absolute Gasteiger partial charge is 0.326 e. The van der Waals surface area contributed by atoms with Crippen LogP contribution in [0.4, 0.5) is 0 Å². The molecule has 1 aromatic heterocycles. The highest BCUT2D eigenvalue weighted by Gasteiger charge is 2.29. The van der Waals surface area contributed by atoms with E-state index in [4.69, 9.17) is 11.5 Å². The molecule has 3 aromatic rings. The van der Waals surface area contributed by atoms with Gasteiger partial charge in [-0.3, -0.25) is 19.2 Å². The number of nitrogens with one attached hydrogen (secondary N) is 4. The average molecular weight is 523 g/mol. The van der Waals surface area contributed by atoms with Gasteiger partial charge in [-0.15, -0.1) is 0 Å². The lowest BCUT2D eigenvalue weighted by atomic mass is 10.0. The van der Waals surface area contributed by atoms with E-state index >= 15 is 0 Å². The van der Waals surface area contributed by atoms with Gasteiger partial charge in [-0.2, -0.15) is 0 Å². The number of carboxylic acid groups (broad SMARTS) is 1. The van der Waals surface area contributed by atoms with Crippen molar-refractivity contribution in [3.63, 3.8) is 0 Å². The highest BCUT2D eigenvalue weighted by atomic mass is 16.4. The molecule has 0 aliphatic rings. The number of hydrogen-bond donors (Lipinski definition) is 7. The third-order valence-electron chi connectivity index (χ3n) is 5.83. The highest BCUT2D eigenvalue weighted by Crippen LogP contribution is 2.19. The van der Waals surface area contributed by atoms with Crippen LogP contribution in [0.3, 0.4) is 0 Å². The third kappa shape index (κ3) is 7.90. The quantitative estimate of drug-likeness (QED) is 0.154. The molecule has 0 aliphatic carbocycles. The first-order valence-electron chi connectivity index (χ1n) is 11.9. The number of aromatic nitrogens is 1. The Bertz CT molecular complexity index is 1310. The van der Waals surface area contributed by atoms with Crippen molar-refractivity contribution in [3.05, 3.63) is 71.9 Å². The van der Waals surface area contributed by atoms with Gasteiger partial charge in [0, 0.05) is 23.5 Å². The zero-order valence-electron chi connectivity index (χ0n) is 20.5. The van der Waals surface area contributed by atoms with Gasteiger partial charge in [0.1, 0.15) is 12.1 Å². The Labute approximate surface area is 218 Å². The number of carbonyl (C=O) groups excluding carboxylic acids is 4. The summed E-state index contributed by atoms with van der Waals surface area (Å²) in [5.74, 6) is -4.45. The van der Waals surface area contributed by atoms with Crippen LogP contribution in [0.25, 0.3) is 10.9 Å². The monoisotopic (exact) mass is 522 g/mol. The first-order valence-corrected chi connectivity index (χ1v) is 11.9. The largest absolute Gasteiger partial charge is 0.480 e. The van der Waals surface area contributed by atoms with Crippen molar-refractivity contribution in [1.82, 2.24) is 20.9 Å². The summed E-state index contributed by atoms with van der Waals surface area (Å²) in [5.41, 5.74) is 13.4.